The van der Waals surface area contributed by atoms with Crippen LogP contribution in [0.3, 0.4) is 0 Å². The molecule has 2 N–H and O–H groups in total. The normalized spacial score (nSPS) is 23.6. The van der Waals surface area contributed by atoms with Gasteiger partial charge in [0.1, 0.15) is 5.54 Å². The molecule has 1 aromatic carbocycles. The minimum Gasteiger partial charge on any atom is -0.469 e. The number of piperidine rings is 1. The third-order valence-electron chi connectivity index (χ3n) is 4.96. The summed E-state index contributed by atoms with van der Waals surface area (Å²) in [5.41, 5.74) is -0.683. The first kappa shape index (κ1) is 20.6. The lowest BCUT2D eigenvalue weighted by molar-refractivity contribution is -0.150. The molecule has 1 heterocycles. The van der Waals surface area contributed by atoms with E-state index < -0.39 is 35.1 Å². The average molecular weight is 376 g/mol. The molecule has 146 valence electrons. The van der Waals surface area contributed by atoms with Gasteiger partial charge in [-0.3, -0.25) is 14.4 Å². The number of rotatable bonds is 7. The molecule has 8 nitrogen and oxygen atoms in total. The Bertz CT molecular complexity index is 705. The Labute approximate surface area is 157 Å². The van der Waals surface area contributed by atoms with Gasteiger partial charge in [-0.05, 0) is 30.9 Å². The fourth-order valence-electron chi connectivity index (χ4n) is 3.68. The third kappa shape index (κ3) is 4.16. The van der Waals surface area contributed by atoms with Crippen LogP contribution < -0.4 is 5.32 Å². The first-order chi connectivity index (χ1) is 13.0. The zero-order valence-corrected chi connectivity index (χ0v) is 15.4. The maximum absolute atomic E-state index is 13.6. The summed E-state index contributed by atoms with van der Waals surface area (Å²) >= 11 is 0. The fourth-order valence-corrected chi connectivity index (χ4v) is 3.68. The van der Waals surface area contributed by atoms with E-state index in [0.717, 1.165) is 19.7 Å². The number of hydrogen-bond donors (Lipinski definition) is 2. The maximum Gasteiger partial charge on any atom is 0.321 e. The van der Waals surface area contributed by atoms with E-state index in [0.29, 0.717) is 18.5 Å². The van der Waals surface area contributed by atoms with Gasteiger partial charge in [0.25, 0.3) is 0 Å². The standard InChI is InChI=1S/C19H24N2O6/c1-26-16(22)11-14-9-6-10-20-19(14,13-7-4-3-5-8-13)17(23)15(12-21-25)18(24)27-2/h3-5,7-8,12,14-15,20,25H,6,9-11H2,1-2H3/b21-12+. The van der Waals surface area contributed by atoms with Crippen molar-refractivity contribution in [1.82, 2.24) is 5.32 Å². The topological polar surface area (TPSA) is 114 Å². The summed E-state index contributed by atoms with van der Waals surface area (Å²) in [5.74, 6) is -3.66. The van der Waals surface area contributed by atoms with Gasteiger partial charge in [0.05, 0.1) is 26.9 Å². The molecular formula is C19H24N2O6. The maximum atomic E-state index is 13.6. The van der Waals surface area contributed by atoms with Crippen molar-refractivity contribution >= 4 is 23.9 Å². The summed E-state index contributed by atoms with van der Waals surface area (Å²) in [6.07, 6.45) is 2.21. The van der Waals surface area contributed by atoms with Crippen molar-refractivity contribution in [3.63, 3.8) is 0 Å². The number of oxime groups is 1. The summed E-state index contributed by atoms with van der Waals surface area (Å²) in [6.45, 7) is 0.530. The highest BCUT2D eigenvalue weighted by molar-refractivity contribution is 6.15. The van der Waals surface area contributed by atoms with Crippen LogP contribution in [0.25, 0.3) is 0 Å². The van der Waals surface area contributed by atoms with E-state index in [1.54, 1.807) is 24.3 Å². The highest BCUT2D eigenvalue weighted by Crippen LogP contribution is 2.40. The number of ether oxygens (including phenoxy) is 2. The summed E-state index contributed by atoms with van der Waals surface area (Å²) in [6, 6.07) is 8.91. The number of Topliss-reactive ketones (excluding diaryl/α,β-unsaturated/α-hetero) is 1. The van der Waals surface area contributed by atoms with Gasteiger partial charge in [0.2, 0.25) is 0 Å². The molecule has 0 amide bonds. The zero-order valence-electron chi connectivity index (χ0n) is 15.4. The predicted molar refractivity (Wildman–Crippen MR) is 96.3 cm³/mol. The number of ketones is 1. The van der Waals surface area contributed by atoms with Gasteiger partial charge < -0.3 is 20.0 Å². The third-order valence-corrected chi connectivity index (χ3v) is 4.96. The quantitative estimate of drug-likeness (QED) is 0.242. The van der Waals surface area contributed by atoms with Gasteiger partial charge in [-0.25, -0.2) is 0 Å². The number of benzene rings is 1. The first-order valence-electron chi connectivity index (χ1n) is 8.68. The van der Waals surface area contributed by atoms with Crippen molar-refractivity contribution in [2.45, 2.75) is 24.8 Å². The van der Waals surface area contributed by atoms with E-state index in [9.17, 15) is 14.4 Å². The second-order valence-corrected chi connectivity index (χ2v) is 6.35. The Kier molecular flexibility index (Phi) is 7.06. The van der Waals surface area contributed by atoms with Crippen LogP contribution in [-0.4, -0.2) is 49.9 Å². The number of hydrogen-bond acceptors (Lipinski definition) is 8. The molecule has 3 atom stereocenters. The van der Waals surface area contributed by atoms with Crippen LogP contribution >= 0.6 is 0 Å². The van der Waals surface area contributed by atoms with Crippen molar-refractivity contribution in [1.29, 1.82) is 0 Å². The molecule has 0 radical (unpaired) electrons. The highest BCUT2D eigenvalue weighted by Gasteiger charge is 2.52. The Morgan fingerprint density at radius 1 is 1.30 bits per heavy atom. The Morgan fingerprint density at radius 3 is 2.59 bits per heavy atom. The van der Waals surface area contributed by atoms with E-state index in [1.807, 2.05) is 6.07 Å². The van der Waals surface area contributed by atoms with E-state index in [2.05, 4.69) is 10.5 Å². The van der Waals surface area contributed by atoms with E-state index in [1.165, 1.54) is 7.11 Å². The first-order valence-corrected chi connectivity index (χ1v) is 8.68. The minimum atomic E-state index is -1.41. The lowest BCUT2D eigenvalue weighted by Gasteiger charge is -2.44. The second kappa shape index (κ2) is 9.27. The van der Waals surface area contributed by atoms with Crippen molar-refractivity contribution in [3.05, 3.63) is 35.9 Å². The Hall–Kier alpha value is -2.74. The van der Waals surface area contributed by atoms with E-state index >= 15 is 0 Å². The fraction of sp³-hybridized carbons (Fsp3) is 0.474. The Balaban J connectivity index is 2.59. The summed E-state index contributed by atoms with van der Waals surface area (Å²) < 4.78 is 9.52. The minimum absolute atomic E-state index is 0.00823. The molecule has 27 heavy (non-hydrogen) atoms. The lowest BCUT2D eigenvalue weighted by Crippen LogP contribution is -2.60. The molecule has 1 aliphatic rings. The zero-order chi connectivity index (χ0) is 19.9. The monoisotopic (exact) mass is 376 g/mol. The molecule has 2 rings (SSSR count). The molecular weight excluding hydrogens is 352 g/mol. The Morgan fingerprint density at radius 2 is 2.00 bits per heavy atom. The van der Waals surface area contributed by atoms with Crippen LogP contribution in [-0.2, 0) is 29.4 Å². The molecule has 3 unspecified atom stereocenters. The van der Waals surface area contributed by atoms with Crippen molar-refractivity contribution in [3.8, 4) is 0 Å². The lowest BCUT2D eigenvalue weighted by atomic mass is 9.67. The van der Waals surface area contributed by atoms with Crippen molar-refractivity contribution in [2.24, 2.45) is 17.0 Å². The molecule has 8 heteroatoms. The van der Waals surface area contributed by atoms with Crippen LogP contribution in [0, 0.1) is 11.8 Å². The van der Waals surface area contributed by atoms with Gasteiger partial charge in [-0.15, -0.1) is 5.16 Å². The van der Waals surface area contributed by atoms with E-state index in [-0.39, 0.29) is 6.42 Å². The van der Waals surface area contributed by atoms with E-state index in [4.69, 9.17) is 14.7 Å². The van der Waals surface area contributed by atoms with Gasteiger partial charge in [-0.1, -0.05) is 30.3 Å². The van der Waals surface area contributed by atoms with Crippen LogP contribution in [0.5, 0.6) is 0 Å². The average Bonchev–Trinajstić information content (AvgIpc) is 2.72. The molecule has 0 aliphatic carbocycles. The molecule has 1 aromatic rings. The van der Waals surface area contributed by atoms with Gasteiger partial charge >= 0.3 is 11.9 Å². The molecule has 1 fully saturated rings. The van der Waals surface area contributed by atoms with Crippen LogP contribution in [0.2, 0.25) is 0 Å². The van der Waals surface area contributed by atoms with Crippen molar-refractivity contribution in [2.75, 3.05) is 20.8 Å². The van der Waals surface area contributed by atoms with Gasteiger partial charge in [-0.2, -0.15) is 0 Å². The van der Waals surface area contributed by atoms with Crippen LogP contribution in [0.4, 0.5) is 0 Å². The number of esters is 2. The van der Waals surface area contributed by atoms with Gasteiger partial charge in [0, 0.05) is 0 Å². The number of carbonyl (C=O) groups excluding carboxylic acids is 3. The number of carbonyl (C=O) groups is 3. The SMILES string of the molecule is COC(=O)CC1CCCNC1(C(=O)C(/C=N/O)C(=O)OC)c1ccccc1. The van der Waals surface area contributed by atoms with Crippen LogP contribution in [0.1, 0.15) is 24.8 Å². The predicted octanol–water partition coefficient (Wildman–Crippen LogP) is 1.26. The smallest absolute Gasteiger partial charge is 0.321 e. The molecule has 0 bridgehead atoms. The number of nitrogens with zero attached hydrogens (tertiary/aromatic N) is 1. The van der Waals surface area contributed by atoms with Crippen LogP contribution in [0.15, 0.2) is 35.5 Å². The largest absolute Gasteiger partial charge is 0.469 e. The van der Waals surface area contributed by atoms with Gasteiger partial charge in [0.15, 0.2) is 11.7 Å². The molecule has 1 saturated heterocycles. The summed E-state index contributed by atoms with van der Waals surface area (Å²) in [4.78, 5) is 37.7. The second-order valence-electron chi connectivity index (χ2n) is 6.35. The summed E-state index contributed by atoms with van der Waals surface area (Å²) in [7, 11) is 2.45. The highest BCUT2D eigenvalue weighted by atomic mass is 16.5. The van der Waals surface area contributed by atoms with Crippen molar-refractivity contribution < 1.29 is 29.1 Å². The number of methoxy groups -OCH3 is 2. The molecule has 0 spiro atoms. The molecule has 0 aromatic heterocycles. The molecule has 0 saturated carbocycles. The summed E-state index contributed by atoms with van der Waals surface area (Å²) in [5, 5.41) is 15.1. The molecule has 1 aliphatic heterocycles. The number of nitrogens with one attached hydrogen (secondary N) is 1.